The van der Waals surface area contributed by atoms with E-state index in [2.05, 4.69) is 0 Å². The van der Waals surface area contributed by atoms with Gasteiger partial charge in [0, 0.05) is 0 Å². The molecule has 2 heteroatoms. The molecule has 71 valence electrons. The number of aliphatic carboxylic acids is 1. The Morgan fingerprint density at radius 2 is 1.92 bits per heavy atom. The fourth-order valence-corrected chi connectivity index (χ4v) is 4.05. The number of hydrogen-bond acceptors (Lipinski definition) is 1. The van der Waals surface area contributed by atoms with Crippen LogP contribution in [0.4, 0.5) is 0 Å². The molecule has 0 amide bonds. The summed E-state index contributed by atoms with van der Waals surface area (Å²) in [5, 5.41) is 9.27. The van der Waals surface area contributed by atoms with Gasteiger partial charge in [0.2, 0.25) is 0 Å². The van der Waals surface area contributed by atoms with E-state index in [1.165, 1.54) is 19.3 Å². The summed E-state index contributed by atoms with van der Waals surface area (Å²) in [5.41, 5.74) is -0.320. The van der Waals surface area contributed by atoms with E-state index in [0.29, 0.717) is 11.8 Å². The topological polar surface area (TPSA) is 37.3 Å². The summed E-state index contributed by atoms with van der Waals surface area (Å²) in [4.78, 5) is 11.2. The van der Waals surface area contributed by atoms with Crippen LogP contribution >= 0.6 is 0 Å². The van der Waals surface area contributed by atoms with E-state index in [9.17, 15) is 9.90 Å². The van der Waals surface area contributed by atoms with Gasteiger partial charge in [-0.1, -0.05) is 0 Å². The lowest BCUT2D eigenvalue weighted by molar-refractivity contribution is -0.158. The second-order valence-electron chi connectivity index (χ2n) is 5.30. The van der Waals surface area contributed by atoms with Crippen LogP contribution in [-0.4, -0.2) is 11.1 Å². The summed E-state index contributed by atoms with van der Waals surface area (Å²) < 4.78 is 0. The average Bonchev–Trinajstić information content (AvgIpc) is 2.00. The third-order valence-electron chi connectivity index (χ3n) is 4.22. The highest BCUT2D eigenvalue weighted by Gasteiger charge is 2.54. The van der Waals surface area contributed by atoms with E-state index in [1.807, 2.05) is 0 Å². The van der Waals surface area contributed by atoms with Crippen molar-refractivity contribution < 1.29 is 9.90 Å². The maximum absolute atomic E-state index is 11.2. The molecule has 0 aromatic heterocycles. The predicted molar refractivity (Wildman–Crippen MR) is 48.0 cm³/mol. The summed E-state index contributed by atoms with van der Waals surface area (Å²) in [6.07, 6.45) is 6.61. The van der Waals surface area contributed by atoms with Crippen molar-refractivity contribution in [1.29, 1.82) is 0 Å². The Bertz CT molecular complexity index is 222. The van der Waals surface area contributed by atoms with E-state index < -0.39 is 5.97 Å². The zero-order valence-electron chi connectivity index (χ0n) is 7.75. The standard InChI is InChI=1S/C11H15O2/c12-10(13)11-4-7-1-8(5-11)3-9(2-7)6-11/h7-8H,1-6H2,(H,12,13)/t7-,8+,11?. The zero-order chi connectivity index (χ0) is 9.05. The summed E-state index contributed by atoms with van der Waals surface area (Å²) in [7, 11) is 0. The number of rotatable bonds is 1. The highest BCUT2D eigenvalue weighted by molar-refractivity contribution is 5.75. The Morgan fingerprint density at radius 3 is 2.38 bits per heavy atom. The molecule has 1 unspecified atom stereocenters. The van der Waals surface area contributed by atoms with Gasteiger partial charge in [-0.3, -0.25) is 4.79 Å². The molecule has 13 heavy (non-hydrogen) atoms. The molecule has 4 saturated carbocycles. The molecule has 2 nitrogen and oxygen atoms in total. The number of carbonyl (C=O) groups is 1. The van der Waals surface area contributed by atoms with E-state index in [1.54, 1.807) is 5.92 Å². The second kappa shape index (κ2) is 2.28. The van der Waals surface area contributed by atoms with Gasteiger partial charge >= 0.3 is 5.97 Å². The minimum atomic E-state index is -0.529. The first-order chi connectivity index (χ1) is 6.18. The number of carboxylic acid groups (broad SMARTS) is 1. The van der Waals surface area contributed by atoms with Crippen LogP contribution in [0.25, 0.3) is 0 Å². The van der Waals surface area contributed by atoms with Crippen LogP contribution in [0.2, 0.25) is 0 Å². The molecule has 0 aromatic carbocycles. The van der Waals surface area contributed by atoms with Gasteiger partial charge in [0.15, 0.2) is 0 Å². The summed E-state index contributed by atoms with van der Waals surface area (Å²) in [5.74, 6) is 2.46. The maximum Gasteiger partial charge on any atom is 0.309 e. The summed E-state index contributed by atoms with van der Waals surface area (Å²) in [6.45, 7) is 0. The van der Waals surface area contributed by atoms with Gasteiger partial charge in [-0.15, -0.1) is 0 Å². The fraction of sp³-hybridized carbons (Fsp3) is 0.818. The van der Waals surface area contributed by atoms with Gasteiger partial charge in [-0.25, -0.2) is 0 Å². The molecular weight excluding hydrogens is 164 g/mol. The highest BCUT2D eigenvalue weighted by atomic mass is 16.4. The molecule has 4 aliphatic carbocycles. The minimum Gasteiger partial charge on any atom is -0.481 e. The Kier molecular flexibility index (Phi) is 1.38. The zero-order valence-corrected chi connectivity index (χ0v) is 7.75. The van der Waals surface area contributed by atoms with Crippen molar-refractivity contribution in [3.63, 3.8) is 0 Å². The minimum absolute atomic E-state index is 0.320. The van der Waals surface area contributed by atoms with Gasteiger partial charge in [-0.05, 0) is 56.3 Å². The molecule has 4 aliphatic rings. The Morgan fingerprint density at radius 1 is 1.31 bits per heavy atom. The lowest BCUT2D eigenvalue weighted by atomic mass is 9.49. The summed E-state index contributed by atoms with van der Waals surface area (Å²) >= 11 is 0. The van der Waals surface area contributed by atoms with Crippen molar-refractivity contribution in [2.24, 2.45) is 17.3 Å². The molecule has 4 rings (SSSR count). The van der Waals surface area contributed by atoms with E-state index in [4.69, 9.17) is 0 Å². The molecule has 1 N–H and O–H groups in total. The molecule has 4 fully saturated rings. The fourth-order valence-electron chi connectivity index (χ4n) is 4.05. The highest BCUT2D eigenvalue weighted by Crippen LogP contribution is 2.60. The van der Waals surface area contributed by atoms with E-state index >= 15 is 0 Å². The molecule has 0 heterocycles. The molecule has 4 bridgehead atoms. The largest absolute Gasteiger partial charge is 0.481 e. The van der Waals surface area contributed by atoms with Crippen LogP contribution in [-0.2, 0) is 4.79 Å². The number of hydrogen-bond donors (Lipinski definition) is 1. The Balaban J connectivity index is 1.95. The molecule has 0 saturated heterocycles. The summed E-state index contributed by atoms with van der Waals surface area (Å²) in [6, 6.07) is 0. The quantitative estimate of drug-likeness (QED) is 0.670. The van der Waals surface area contributed by atoms with Crippen LogP contribution < -0.4 is 0 Å². The molecule has 1 radical (unpaired) electrons. The Hall–Kier alpha value is -0.530. The first-order valence-electron chi connectivity index (χ1n) is 5.25. The van der Waals surface area contributed by atoms with Gasteiger partial charge in [0.25, 0.3) is 0 Å². The van der Waals surface area contributed by atoms with Gasteiger partial charge in [0.05, 0.1) is 5.41 Å². The van der Waals surface area contributed by atoms with Crippen molar-refractivity contribution in [2.75, 3.05) is 0 Å². The van der Waals surface area contributed by atoms with Crippen LogP contribution in [0, 0.1) is 23.2 Å². The second-order valence-corrected chi connectivity index (χ2v) is 5.30. The monoisotopic (exact) mass is 179 g/mol. The third-order valence-corrected chi connectivity index (χ3v) is 4.22. The molecular formula is C11H15O2. The van der Waals surface area contributed by atoms with E-state index in [-0.39, 0.29) is 5.41 Å². The van der Waals surface area contributed by atoms with Crippen molar-refractivity contribution >= 4 is 5.97 Å². The SMILES string of the molecule is O=C(O)C12C[C]3C[C@H](C[C@H](C3)C1)C2. The van der Waals surface area contributed by atoms with Crippen LogP contribution in [0.3, 0.4) is 0 Å². The van der Waals surface area contributed by atoms with Crippen molar-refractivity contribution in [3.05, 3.63) is 5.92 Å². The smallest absolute Gasteiger partial charge is 0.309 e. The molecule has 0 aliphatic heterocycles. The number of carboxylic acids is 1. The molecule has 3 atom stereocenters. The Labute approximate surface area is 78.3 Å². The van der Waals surface area contributed by atoms with Crippen molar-refractivity contribution in [1.82, 2.24) is 0 Å². The van der Waals surface area contributed by atoms with Gasteiger partial charge in [-0.2, -0.15) is 0 Å². The van der Waals surface area contributed by atoms with Gasteiger partial charge < -0.3 is 5.11 Å². The van der Waals surface area contributed by atoms with Crippen LogP contribution in [0.1, 0.15) is 38.5 Å². The van der Waals surface area contributed by atoms with E-state index in [0.717, 1.165) is 19.3 Å². The molecule has 0 spiro atoms. The maximum atomic E-state index is 11.2. The van der Waals surface area contributed by atoms with Crippen molar-refractivity contribution in [2.45, 2.75) is 38.5 Å². The first-order valence-corrected chi connectivity index (χ1v) is 5.25. The lowest BCUT2D eigenvalue weighted by Crippen LogP contribution is -2.49. The third kappa shape index (κ3) is 0.976. The normalized spacial score (nSPS) is 48.3. The lowest BCUT2D eigenvalue weighted by Gasteiger charge is -2.54. The average molecular weight is 179 g/mol. The molecule has 0 aromatic rings. The van der Waals surface area contributed by atoms with Crippen LogP contribution in [0.15, 0.2) is 0 Å². The first kappa shape index (κ1) is 7.84. The van der Waals surface area contributed by atoms with Crippen molar-refractivity contribution in [3.8, 4) is 0 Å². The van der Waals surface area contributed by atoms with Crippen LogP contribution in [0.5, 0.6) is 0 Å². The predicted octanol–water partition coefficient (Wildman–Crippen LogP) is 2.25. The van der Waals surface area contributed by atoms with Gasteiger partial charge in [0.1, 0.15) is 0 Å².